The van der Waals surface area contributed by atoms with E-state index in [4.69, 9.17) is 4.42 Å². The van der Waals surface area contributed by atoms with Gasteiger partial charge in [-0.25, -0.2) is 18.4 Å². The first-order valence-corrected chi connectivity index (χ1v) is 10.0. The van der Waals surface area contributed by atoms with E-state index < -0.39 is 15.5 Å². The molecule has 0 spiro atoms. The number of aliphatic imine (C=N–C) groups is 1. The van der Waals surface area contributed by atoms with Crippen molar-refractivity contribution < 1.29 is 26.0 Å². The van der Waals surface area contributed by atoms with Gasteiger partial charge in [-0.2, -0.15) is 17.5 Å². The summed E-state index contributed by atoms with van der Waals surface area (Å²) in [5.41, 5.74) is -4.48. The maximum atomic E-state index is 12.6. The maximum Gasteiger partial charge on any atom is 0.511 e. The van der Waals surface area contributed by atoms with E-state index in [9.17, 15) is 21.6 Å². The fourth-order valence-electron chi connectivity index (χ4n) is 2.65. The standard InChI is InChI=1S/C15H24F3N5O3S.HI/c1-4-19-14(20-9-13-21-10(2)11(3)26-13)22-12-5-7-23(8-6-12)27(24,25)15(16,17)18;/h12H,4-9H2,1-3H3,(H2,19,20,22);1H. The Bertz CT molecular complexity index is 755. The number of hydrogen-bond acceptors (Lipinski definition) is 5. The summed E-state index contributed by atoms with van der Waals surface area (Å²) in [6, 6.07) is -0.185. The van der Waals surface area contributed by atoms with Gasteiger partial charge in [-0.15, -0.1) is 24.0 Å². The second kappa shape index (κ2) is 10.1. The second-order valence-electron chi connectivity index (χ2n) is 6.21. The Morgan fingerprint density at radius 3 is 2.39 bits per heavy atom. The van der Waals surface area contributed by atoms with Gasteiger partial charge in [-0.3, -0.25) is 0 Å². The zero-order valence-electron chi connectivity index (χ0n) is 15.8. The van der Waals surface area contributed by atoms with Crippen molar-refractivity contribution in [2.24, 2.45) is 4.99 Å². The molecular formula is C15H25F3IN5O3S. The van der Waals surface area contributed by atoms with Crippen LogP contribution in [0, 0.1) is 13.8 Å². The third-order valence-corrected chi connectivity index (χ3v) is 5.85. The first-order valence-electron chi connectivity index (χ1n) is 8.58. The SMILES string of the molecule is CCNC(=NCc1nc(C)c(C)o1)NC1CCN(S(=O)(=O)C(F)(F)F)CC1.I. The van der Waals surface area contributed by atoms with Crippen LogP contribution in [0.1, 0.15) is 37.1 Å². The van der Waals surface area contributed by atoms with Gasteiger partial charge in [0.05, 0.1) is 5.69 Å². The molecule has 162 valence electrons. The third-order valence-electron chi connectivity index (χ3n) is 4.22. The van der Waals surface area contributed by atoms with Crippen molar-refractivity contribution in [3.05, 3.63) is 17.3 Å². The summed E-state index contributed by atoms with van der Waals surface area (Å²) in [6.07, 6.45) is 0.494. The molecule has 2 N–H and O–H groups in total. The van der Waals surface area contributed by atoms with Gasteiger partial charge in [0.15, 0.2) is 5.96 Å². The smallest absolute Gasteiger partial charge is 0.444 e. The number of halogens is 4. The van der Waals surface area contributed by atoms with Gasteiger partial charge < -0.3 is 15.1 Å². The average Bonchev–Trinajstić information content (AvgIpc) is 2.90. The van der Waals surface area contributed by atoms with Gasteiger partial charge in [0.25, 0.3) is 0 Å². The van der Waals surface area contributed by atoms with Gasteiger partial charge in [-0.1, -0.05) is 0 Å². The predicted molar refractivity (Wildman–Crippen MR) is 109 cm³/mol. The highest BCUT2D eigenvalue weighted by atomic mass is 127. The zero-order chi connectivity index (χ0) is 20.2. The Morgan fingerprint density at radius 1 is 1.32 bits per heavy atom. The van der Waals surface area contributed by atoms with E-state index in [2.05, 4.69) is 20.6 Å². The van der Waals surface area contributed by atoms with Crippen LogP contribution in [0.25, 0.3) is 0 Å². The molecule has 1 aliphatic heterocycles. The lowest BCUT2D eigenvalue weighted by Gasteiger charge is -2.32. The number of aryl methyl sites for hydroxylation is 2. The number of aromatic nitrogens is 1. The number of guanidine groups is 1. The molecule has 1 fully saturated rings. The van der Waals surface area contributed by atoms with Crippen molar-refractivity contribution in [3.63, 3.8) is 0 Å². The molecular weight excluding hydrogens is 514 g/mol. The monoisotopic (exact) mass is 539 g/mol. The maximum absolute atomic E-state index is 12.6. The van der Waals surface area contributed by atoms with Crippen LogP contribution >= 0.6 is 24.0 Å². The van der Waals surface area contributed by atoms with Crippen molar-refractivity contribution in [2.45, 2.75) is 51.7 Å². The highest BCUT2D eigenvalue weighted by Gasteiger charge is 2.50. The van der Waals surface area contributed by atoms with Crippen LogP contribution in [0.2, 0.25) is 0 Å². The molecule has 0 amide bonds. The largest absolute Gasteiger partial charge is 0.511 e. The summed E-state index contributed by atoms with van der Waals surface area (Å²) >= 11 is 0. The lowest BCUT2D eigenvalue weighted by molar-refractivity contribution is -0.0494. The molecule has 1 aromatic rings. The Labute approximate surface area is 179 Å². The molecule has 2 rings (SSSR count). The third kappa shape index (κ3) is 6.20. The van der Waals surface area contributed by atoms with Crippen LogP contribution in [-0.2, 0) is 16.6 Å². The lowest BCUT2D eigenvalue weighted by Crippen LogP contribution is -2.51. The highest BCUT2D eigenvalue weighted by Crippen LogP contribution is 2.28. The van der Waals surface area contributed by atoms with Crippen molar-refractivity contribution in [1.29, 1.82) is 0 Å². The van der Waals surface area contributed by atoms with Gasteiger partial charge in [0, 0.05) is 25.7 Å². The molecule has 0 unspecified atom stereocenters. The summed E-state index contributed by atoms with van der Waals surface area (Å²) in [7, 11) is -5.27. The van der Waals surface area contributed by atoms with Crippen LogP contribution in [0.4, 0.5) is 13.2 Å². The Morgan fingerprint density at radius 2 is 1.93 bits per heavy atom. The molecule has 2 heterocycles. The number of hydrogen-bond donors (Lipinski definition) is 2. The summed E-state index contributed by atoms with van der Waals surface area (Å²) < 4.78 is 66.7. The first-order chi connectivity index (χ1) is 12.5. The lowest BCUT2D eigenvalue weighted by atomic mass is 10.1. The van der Waals surface area contributed by atoms with Crippen molar-refractivity contribution in [3.8, 4) is 0 Å². The van der Waals surface area contributed by atoms with E-state index in [0.29, 0.717) is 22.7 Å². The summed E-state index contributed by atoms with van der Waals surface area (Å²) in [6.45, 7) is 5.94. The molecule has 8 nitrogen and oxygen atoms in total. The van der Waals surface area contributed by atoms with Crippen LogP contribution in [0.15, 0.2) is 9.41 Å². The van der Waals surface area contributed by atoms with Crippen LogP contribution in [0.5, 0.6) is 0 Å². The topological polar surface area (TPSA) is 99.8 Å². The second-order valence-corrected chi connectivity index (χ2v) is 8.14. The summed E-state index contributed by atoms with van der Waals surface area (Å²) in [4.78, 5) is 8.61. The molecule has 0 atom stereocenters. The van der Waals surface area contributed by atoms with Gasteiger partial charge in [0.1, 0.15) is 12.3 Å². The number of rotatable bonds is 5. The fourth-order valence-corrected chi connectivity index (χ4v) is 3.64. The molecule has 1 saturated heterocycles. The number of alkyl halides is 3. The average molecular weight is 539 g/mol. The fraction of sp³-hybridized carbons (Fsp3) is 0.733. The molecule has 28 heavy (non-hydrogen) atoms. The highest BCUT2D eigenvalue weighted by molar-refractivity contribution is 14.0. The Hall–Kier alpha value is -1.09. The molecule has 0 aromatic carbocycles. The van der Waals surface area contributed by atoms with E-state index in [-0.39, 0.29) is 62.5 Å². The number of nitrogens with one attached hydrogen (secondary N) is 2. The normalized spacial score (nSPS) is 17.3. The van der Waals surface area contributed by atoms with E-state index in [1.54, 1.807) is 0 Å². The minimum absolute atomic E-state index is 0. The van der Waals surface area contributed by atoms with E-state index in [1.807, 2.05) is 20.8 Å². The number of piperidine rings is 1. The van der Waals surface area contributed by atoms with E-state index in [1.165, 1.54) is 0 Å². The summed E-state index contributed by atoms with van der Waals surface area (Å²) in [5.74, 6) is 1.66. The minimum Gasteiger partial charge on any atom is -0.444 e. The van der Waals surface area contributed by atoms with Gasteiger partial charge >= 0.3 is 15.5 Å². The Kier molecular flexibility index (Phi) is 8.99. The number of nitrogens with zero attached hydrogens (tertiary/aromatic N) is 3. The number of sulfonamides is 1. The molecule has 0 bridgehead atoms. The quantitative estimate of drug-likeness (QED) is 0.339. The van der Waals surface area contributed by atoms with Crippen LogP contribution in [0.3, 0.4) is 0 Å². The van der Waals surface area contributed by atoms with Gasteiger partial charge in [-0.05, 0) is 33.6 Å². The van der Waals surface area contributed by atoms with Crippen molar-refractivity contribution in [1.82, 2.24) is 19.9 Å². The summed E-state index contributed by atoms with van der Waals surface area (Å²) in [5, 5.41) is 6.17. The molecule has 0 saturated carbocycles. The van der Waals surface area contributed by atoms with Gasteiger partial charge in [0.2, 0.25) is 5.89 Å². The van der Waals surface area contributed by atoms with Crippen molar-refractivity contribution in [2.75, 3.05) is 19.6 Å². The predicted octanol–water partition coefficient (Wildman–Crippen LogP) is 2.28. The van der Waals surface area contributed by atoms with E-state index in [0.717, 1.165) is 11.5 Å². The minimum atomic E-state index is -5.27. The number of oxazole rings is 1. The molecule has 13 heteroatoms. The first kappa shape index (κ1) is 24.9. The van der Waals surface area contributed by atoms with Crippen LogP contribution in [-0.4, -0.2) is 54.9 Å². The van der Waals surface area contributed by atoms with Crippen LogP contribution < -0.4 is 10.6 Å². The molecule has 1 aromatic heterocycles. The van der Waals surface area contributed by atoms with E-state index >= 15 is 0 Å². The zero-order valence-corrected chi connectivity index (χ0v) is 19.0. The Balaban J connectivity index is 0.00000392. The molecule has 0 aliphatic carbocycles. The molecule has 0 radical (unpaired) electrons. The van der Waals surface area contributed by atoms with Crippen molar-refractivity contribution >= 4 is 40.0 Å². The molecule has 1 aliphatic rings.